The molecule has 0 radical (unpaired) electrons. The van der Waals surface area contributed by atoms with E-state index in [1.165, 1.54) is 12.1 Å². The van der Waals surface area contributed by atoms with Gasteiger partial charge >= 0.3 is 0 Å². The van der Waals surface area contributed by atoms with Gasteiger partial charge in [0.2, 0.25) is 0 Å². The second-order valence-corrected chi connectivity index (χ2v) is 5.83. The summed E-state index contributed by atoms with van der Waals surface area (Å²) in [5.41, 5.74) is 1.63. The second-order valence-electron chi connectivity index (χ2n) is 5.83. The normalized spacial score (nSPS) is 17.1. The third-order valence-electron chi connectivity index (χ3n) is 4.19. The topological polar surface area (TPSA) is 54.2 Å². The Morgan fingerprint density at radius 2 is 1.96 bits per heavy atom. The number of aliphatic hydroxyl groups is 1. The van der Waals surface area contributed by atoms with Gasteiger partial charge in [-0.25, -0.2) is 9.07 Å². The minimum absolute atomic E-state index is 0.0625. The monoisotopic (exact) mass is 316 g/mol. The van der Waals surface area contributed by atoms with Gasteiger partial charge in [0.25, 0.3) is 0 Å². The lowest BCUT2D eigenvalue weighted by Gasteiger charge is -2.30. The van der Waals surface area contributed by atoms with Crippen molar-refractivity contribution in [3.8, 4) is 0 Å². The third kappa shape index (κ3) is 4.24. The van der Waals surface area contributed by atoms with Gasteiger partial charge in [-0.1, -0.05) is 29.5 Å². The van der Waals surface area contributed by atoms with Gasteiger partial charge in [0.05, 0.1) is 18.8 Å². The van der Waals surface area contributed by atoms with Crippen molar-refractivity contribution in [2.45, 2.75) is 25.5 Å². The second kappa shape index (κ2) is 7.48. The molecule has 2 heterocycles. The number of rotatable bonds is 5. The largest absolute Gasteiger partial charge is 0.390 e. The zero-order chi connectivity index (χ0) is 16.1. The molecule has 1 N–H and O–H groups in total. The molecule has 23 heavy (non-hydrogen) atoms. The van der Waals surface area contributed by atoms with Crippen molar-refractivity contribution in [3.05, 3.63) is 53.6 Å². The Balaban J connectivity index is 1.46. The molecule has 3 rings (SSSR count). The highest BCUT2D eigenvalue weighted by molar-refractivity contribution is 5.48. The summed E-state index contributed by atoms with van der Waals surface area (Å²) in [4.78, 5) is 2.39. The van der Waals surface area contributed by atoms with Crippen LogP contribution in [0.1, 0.15) is 30.1 Å². The van der Waals surface area contributed by atoms with E-state index in [2.05, 4.69) is 21.3 Å². The van der Waals surface area contributed by atoms with Crippen molar-refractivity contribution in [1.82, 2.24) is 19.9 Å². The van der Waals surface area contributed by atoms with Gasteiger partial charge in [-0.15, -0.1) is 5.10 Å². The maximum Gasteiger partial charge on any atom is 0.123 e. The van der Waals surface area contributed by atoms with Gasteiger partial charge in [-0.2, -0.15) is 0 Å². The highest BCUT2D eigenvalue weighted by Crippen LogP contribution is 2.21. The first-order chi connectivity index (χ1) is 11.2. The molecular weight excluding hydrogens is 295 g/mol. The van der Waals surface area contributed by atoms with Crippen LogP contribution < -0.4 is 0 Å². The zero-order valence-electron chi connectivity index (χ0n) is 13.0. The standard InChI is InChI=1S/C17H21FN4O/c18-15-5-3-14(4-6-15)2-1-9-21-10-7-17(8-11-21)22-12-16(13-23)19-20-22/h1-6,12,17,23H,7-11,13H2. The molecule has 1 fully saturated rings. The van der Waals surface area contributed by atoms with Crippen LogP contribution >= 0.6 is 0 Å². The van der Waals surface area contributed by atoms with Crippen LogP contribution in [0.5, 0.6) is 0 Å². The molecule has 1 aromatic carbocycles. The van der Waals surface area contributed by atoms with Crippen molar-refractivity contribution in [2.75, 3.05) is 19.6 Å². The summed E-state index contributed by atoms with van der Waals surface area (Å²) >= 11 is 0. The number of hydrogen-bond acceptors (Lipinski definition) is 4. The average molecular weight is 316 g/mol. The first-order valence-electron chi connectivity index (χ1n) is 7.90. The summed E-state index contributed by atoms with van der Waals surface area (Å²) in [6.07, 6.45) is 8.02. The predicted octanol–water partition coefficient (Wildman–Crippen LogP) is 2.26. The van der Waals surface area contributed by atoms with Crippen LogP contribution in [0.4, 0.5) is 4.39 Å². The lowest BCUT2D eigenvalue weighted by molar-refractivity contribution is 0.194. The number of likely N-dealkylation sites (tertiary alicyclic amines) is 1. The van der Waals surface area contributed by atoms with Crippen LogP contribution in [0.3, 0.4) is 0 Å². The van der Waals surface area contributed by atoms with Gasteiger partial charge in [0.15, 0.2) is 0 Å². The van der Waals surface area contributed by atoms with E-state index >= 15 is 0 Å². The summed E-state index contributed by atoms with van der Waals surface area (Å²) in [6.45, 7) is 2.84. The van der Waals surface area contributed by atoms with Gasteiger partial charge in [0.1, 0.15) is 11.5 Å². The van der Waals surface area contributed by atoms with Crippen molar-refractivity contribution in [3.63, 3.8) is 0 Å². The molecule has 0 aliphatic carbocycles. The van der Waals surface area contributed by atoms with Crippen molar-refractivity contribution in [2.24, 2.45) is 0 Å². The molecule has 0 atom stereocenters. The highest BCUT2D eigenvalue weighted by atomic mass is 19.1. The molecule has 1 aliphatic heterocycles. The Morgan fingerprint density at radius 1 is 1.22 bits per heavy atom. The van der Waals surface area contributed by atoms with Gasteiger partial charge in [-0.05, 0) is 30.5 Å². The summed E-state index contributed by atoms with van der Waals surface area (Å²) in [5, 5.41) is 17.1. The molecular formula is C17H21FN4O. The molecule has 0 spiro atoms. The van der Waals surface area contributed by atoms with Crippen LogP contribution in [0.2, 0.25) is 0 Å². The molecule has 122 valence electrons. The van der Waals surface area contributed by atoms with Crippen molar-refractivity contribution >= 4 is 6.08 Å². The quantitative estimate of drug-likeness (QED) is 0.919. The van der Waals surface area contributed by atoms with Crippen LogP contribution in [-0.2, 0) is 6.61 Å². The molecule has 6 heteroatoms. The van der Waals surface area contributed by atoms with Gasteiger partial charge in [-0.3, -0.25) is 4.90 Å². The summed E-state index contributed by atoms with van der Waals surface area (Å²) < 4.78 is 14.7. The van der Waals surface area contributed by atoms with Crippen LogP contribution in [0.25, 0.3) is 6.08 Å². The Hall–Kier alpha value is -2.05. The number of benzene rings is 1. The minimum atomic E-state index is -0.207. The van der Waals surface area contributed by atoms with Crippen LogP contribution in [-0.4, -0.2) is 44.6 Å². The molecule has 0 bridgehead atoms. The highest BCUT2D eigenvalue weighted by Gasteiger charge is 2.20. The summed E-state index contributed by atoms with van der Waals surface area (Å²) in [7, 11) is 0. The molecule has 1 aromatic heterocycles. The van der Waals surface area contributed by atoms with Gasteiger partial charge < -0.3 is 5.11 Å². The zero-order valence-corrected chi connectivity index (χ0v) is 13.0. The Labute approximate surface area is 135 Å². The fourth-order valence-corrected chi connectivity index (χ4v) is 2.84. The number of aliphatic hydroxyl groups excluding tert-OH is 1. The minimum Gasteiger partial charge on any atom is -0.390 e. The van der Waals surface area contributed by atoms with E-state index in [1.54, 1.807) is 12.1 Å². The first kappa shape index (κ1) is 15.8. The summed E-state index contributed by atoms with van der Waals surface area (Å²) in [5.74, 6) is -0.207. The van der Waals surface area contributed by atoms with Gasteiger partial charge in [0, 0.05) is 19.6 Å². The lowest BCUT2D eigenvalue weighted by atomic mass is 10.1. The van der Waals surface area contributed by atoms with Crippen molar-refractivity contribution in [1.29, 1.82) is 0 Å². The Kier molecular flexibility index (Phi) is 5.15. The SMILES string of the molecule is OCc1cn(C2CCN(CC=Cc3ccc(F)cc3)CC2)nn1. The van der Waals surface area contributed by atoms with E-state index in [0.717, 1.165) is 38.0 Å². The Bertz CT molecular complexity index is 645. The maximum atomic E-state index is 12.8. The smallest absolute Gasteiger partial charge is 0.123 e. The number of hydrogen-bond donors (Lipinski definition) is 1. The number of piperidine rings is 1. The Morgan fingerprint density at radius 3 is 2.61 bits per heavy atom. The van der Waals surface area contributed by atoms with E-state index < -0.39 is 0 Å². The molecule has 0 saturated carbocycles. The molecule has 5 nitrogen and oxygen atoms in total. The fraction of sp³-hybridized carbons (Fsp3) is 0.412. The number of halogens is 1. The lowest BCUT2D eigenvalue weighted by Crippen LogP contribution is -2.34. The van der Waals surface area contributed by atoms with Crippen molar-refractivity contribution < 1.29 is 9.50 Å². The number of aromatic nitrogens is 3. The predicted molar refractivity (Wildman–Crippen MR) is 86.1 cm³/mol. The maximum absolute atomic E-state index is 12.8. The van der Waals surface area contributed by atoms with Crippen LogP contribution in [0, 0.1) is 5.82 Å². The fourth-order valence-electron chi connectivity index (χ4n) is 2.84. The molecule has 1 aliphatic rings. The van der Waals surface area contributed by atoms with Crippen LogP contribution in [0.15, 0.2) is 36.5 Å². The molecule has 0 amide bonds. The first-order valence-corrected chi connectivity index (χ1v) is 7.90. The van der Waals surface area contributed by atoms with E-state index in [1.807, 2.05) is 17.0 Å². The third-order valence-corrected chi connectivity index (χ3v) is 4.19. The number of nitrogens with zero attached hydrogens (tertiary/aromatic N) is 4. The van der Waals surface area contributed by atoms with E-state index in [4.69, 9.17) is 5.11 Å². The van der Waals surface area contributed by atoms with E-state index in [0.29, 0.717) is 11.7 Å². The molecule has 2 aromatic rings. The van der Waals surface area contributed by atoms with E-state index in [9.17, 15) is 4.39 Å². The summed E-state index contributed by atoms with van der Waals surface area (Å²) in [6, 6.07) is 6.87. The molecule has 0 unspecified atom stereocenters. The average Bonchev–Trinajstić information content (AvgIpc) is 3.06. The molecule has 1 saturated heterocycles. The van der Waals surface area contributed by atoms with E-state index in [-0.39, 0.29) is 12.4 Å².